The molecule has 3 rings (SSSR count). The Bertz CT molecular complexity index is 713. The molecule has 0 heterocycles. The van der Waals surface area contributed by atoms with E-state index in [-0.39, 0.29) is 35.2 Å². The van der Waals surface area contributed by atoms with E-state index < -0.39 is 0 Å². The lowest BCUT2D eigenvalue weighted by atomic mass is 9.65. The molecular weight excluding hydrogens is 292 g/mol. The van der Waals surface area contributed by atoms with Gasteiger partial charge in [-0.15, -0.1) is 0 Å². The molecule has 23 heavy (non-hydrogen) atoms. The molecule has 0 fully saturated rings. The van der Waals surface area contributed by atoms with Gasteiger partial charge in [-0.3, -0.25) is 4.79 Å². The third kappa shape index (κ3) is 2.36. The van der Waals surface area contributed by atoms with Gasteiger partial charge in [0.15, 0.2) is 17.3 Å². The minimum Gasteiger partial charge on any atom is -0.504 e. The average molecular weight is 316 g/mol. The van der Waals surface area contributed by atoms with E-state index in [4.69, 9.17) is 0 Å². The summed E-state index contributed by atoms with van der Waals surface area (Å²) in [6, 6.07) is 1.84. The van der Waals surface area contributed by atoms with E-state index in [1.54, 1.807) is 6.92 Å². The van der Waals surface area contributed by atoms with Gasteiger partial charge in [0.25, 0.3) is 0 Å². The van der Waals surface area contributed by atoms with Gasteiger partial charge >= 0.3 is 0 Å². The van der Waals surface area contributed by atoms with Crippen molar-refractivity contribution in [1.82, 2.24) is 0 Å². The molecule has 124 valence electrons. The van der Waals surface area contributed by atoms with E-state index in [0.29, 0.717) is 23.1 Å². The number of hydrogen-bond acceptors (Lipinski definition) is 4. The number of rotatable bonds is 2. The van der Waals surface area contributed by atoms with Gasteiger partial charge in [-0.2, -0.15) is 0 Å². The largest absolute Gasteiger partial charge is 0.504 e. The maximum Gasteiger partial charge on any atom is 0.166 e. The summed E-state index contributed by atoms with van der Waals surface area (Å²) >= 11 is 0. The van der Waals surface area contributed by atoms with Crippen LogP contribution in [0.2, 0.25) is 0 Å². The van der Waals surface area contributed by atoms with Crippen molar-refractivity contribution in [3.63, 3.8) is 0 Å². The maximum atomic E-state index is 12.5. The van der Waals surface area contributed by atoms with Gasteiger partial charge in [0.1, 0.15) is 0 Å². The van der Waals surface area contributed by atoms with Crippen molar-refractivity contribution in [3.05, 3.63) is 28.3 Å². The second kappa shape index (κ2) is 5.38. The third-order valence-corrected chi connectivity index (χ3v) is 5.46. The Morgan fingerprint density at radius 3 is 2.52 bits per heavy atom. The fourth-order valence-corrected chi connectivity index (χ4v) is 3.91. The number of aromatic hydroxyl groups is 2. The van der Waals surface area contributed by atoms with Crippen molar-refractivity contribution in [2.24, 2.45) is 5.41 Å². The first kappa shape index (κ1) is 16.1. The van der Waals surface area contributed by atoms with Crippen molar-refractivity contribution >= 4 is 11.4 Å². The first-order valence-corrected chi connectivity index (χ1v) is 8.23. The molecule has 0 amide bonds. The normalized spacial score (nSPS) is 21.0. The van der Waals surface area contributed by atoms with Crippen molar-refractivity contribution in [2.75, 3.05) is 6.61 Å². The Labute approximate surface area is 136 Å². The van der Waals surface area contributed by atoms with Gasteiger partial charge in [-0.05, 0) is 30.2 Å². The minimum atomic E-state index is -0.264. The highest BCUT2D eigenvalue weighted by Gasteiger charge is 2.39. The number of aryl methyl sites for hydroxylation is 1. The van der Waals surface area contributed by atoms with Crippen LogP contribution < -0.4 is 0 Å². The molecule has 1 atom stereocenters. The molecular formula is C19H24O4. The fraction of sp³-hybridized carbons (Fsp3) is 0.526. The molecule has 1 aromatic rings. The molecule has 1 aromatic carbocycles. The summed E-state index contributed by atoms with van der Waals surface area (Å²) in [5, 5.41) is 30.3. The fourth-order valence-electron chi connectivity index (χ4n) is 3.91. The molecule has 2 aliphatic rings. The minimum absolute atomic E-state index is 0.0536. The van der Waals surface area contributed by atoms with Crippen molar-refractivity contribution in [2.45, 2.75) is 52.4 Å². The zero-order chi connectivity index (χ0) is 16.9. The summed E-state index contributed by atoms with van der Waals surface area (Å²) in [4.78, 5) is 12.5. The quantitative estimate of drug-likeness (QED) is 0.732. The molecule has 0 saturated heterocycles. The van der Waals surface area contributed by atoms with Gasteiger partial charge in [-0.1, -0.05) is 32.4 Å². The topological polar surface area (TPSA) is 77.8 Å². The number of phenolic OH excluding ortho intramolecular Hbond substituents is 2. The Morgan fingerprint density at radius 2 is 1.87 bits per heavy atom. The predicted octanol–water partition coefficient (Wildman–Crippen LogP) is 3.28. The summed E-state index contributed by atoms with van der Waals surface area (Å²) in [6.45, 7) is 5.97. The molecule has 0 saturated carbocycles. The highest BCUT2D eigenvalue weighted by Crippen LogP contribution is 2.52. The number of aliphatic hydroxyl groups is 1. The number of carbonyl (C=O) groups is 1. The highest BCUT2D eigenvalue weighted by molar-refractivity contribution is 6.24. The molecule has 2 aliphatic carbocycles. The van der Waals surface area contributed by atoms with Crippen molar-refractivity contribution in [1.29, 1.82) is 0 Å². The second-order valence-corrected chi connectivity index (χ2v) is 7.44. The average Bonchev–Trinajstić information content (AvgIpc) is 2.53. The number of ketones is 1. The van der Waals surface area contributed by atoms with E-state index in [1.807, 2.05) is 6.07 Å². The predicted molar refractivity (Wildman–Crippen MR) is 88.5 cm³/mol. The van der Waals surface area contributed by atoms with Crippen LogP contribution in [0.15, 0.2) is 11.6 Å². The lowest BCUT2D eigenvalue weighted by Gasteiger charge is -2.38. The van der Waals surface area contributed by atoms with E-state index in [0.717, 1.165) is 30.4 Å². The van der Waals surface area contributed by atoms with Gasteiger partial charge in [-0.25, -0.2) is 0 Å². The van der Waals surface area contributed by atoms with Gasteiger partial charge < -0.3 is 15.3 Å². The summed E-state index contributed by atoms with van der Waals surface area (Å²) in [5.41, 5.74) is 3.59. The Hall–Kier alpha value is -1.81. The lowest BCUT2D eigenvalue weighted by Crippen LogP contribution is -2.28. The number of aliphatic hydroxyl groups excluding tert-OH is 1. The Kier molecular flexibility index (Phi) is 3.75. The molecule has 0 bridgehead atoms. The molecule has 3 N–H and O–H groups in total. The first-order chi connectivity index (χ1) is 10.8. The van der Waals surface area contributed by atoms with E-state index in [2.05, 4.69) is 13.8 Å². The van der Waals surface area contributed by atoms with Crippen LogP contribution in [0.3, 0.4) is 0 Å². The summed E-state index contributed by atoms with van der Waals surface area (Å²) in [6.07, 6.45) is 2.84. The molecule has 4 nitrogen and oxygen atoms in total. The van der Waals surface area contributed by atoms with Gasteiger partial charge in [0.2, 0.25) is 0 Å². The van der Waals surface area contributed by atoms with Crippen LogP contribution in [0.25, 0.3) is 5.57 Å². The van der Waals surface area contributed by atoms with Crippen molar-refractivity contribution < 1.29 is 20.1 Å². The molecule has 4 heteroatoms. The van der Waals surface area contributed by atoms with Crippen LogP contribution in [-0.4, -0.2) is 27.7 Å². The van der Waals surface area contributed by atoms with Crippen LogP contribution in [0, 0.1) is 5.41 Å². The SMILES string of the molecule is C[C@H](CO)c1cc2c(c(O)c1O)C1=C(CC2)C(C)(C)CCC1=O. The summed E-state index contributed by atoms with van der Waals surface area (Å²) < 4.78 is 0. The number of allylic oxidation sites excluding steroid dienone is 2. The Balaban J connectivity index is 2.26. The van der Waals surface area contributed by atoms with Crippen LogP contribution >= 0.6 is 0 Å². The highest BCUT2D eigenvalue weighted by atomic mass is 16.3. The smallest absolute Gasteiger partial charge is 0.166 e. The van der Waals surface area contributed by atoms with Gasteiger partial charge in [0, 0.05) is 35.6 Å². The third-order valence-electron chi connectivity index (χ3n) is 5.46. The van der Waals surface area contributed by atoms with Crippen LogP contribution in [0.4, 0.5) is 0 Å². The Morgan fingerprint density at radius 1 is 1.17 bits per heavy atom. The number of hydrogen-bond donors (Lipinski definition) is 3. The monoisotopic (exact) mass is 316 g/mol. The molecule has 0 unspecified atom stereocenters. The number of carbonyl (C=O) groups excluding carboxylic acids is 1. The standard InChI is InChI=1S/C19H24O4/c1-10(9-20)12-8-11-4-5-13-16(15(11)18(23)17(12)22)14(21)6-7-19(13,2)3/h8,10,20,22-23H,4-7,9H2,1-3H3/t10-/m1/s1. The maximum absolute atomic E-state index is 12.5. The number of fused-ring (bicyclic) bond motifs is 2. The van der Waals surface area contributed by atoms with Crippen molar-refractivity contribution in [3.8, 4) is 11.5 Å². The molecule has 0 spiro atoms. The number of benzene rings is 1. The van der Waals surface area contributed by atoms with E-state index in [1.165, 1.54) is 0 Å². The zero-order valence-electron chi connectivity index (χ0n) is 13.9. The lowest BCUT2D eigenvalue weighted by molar-refractivity contribution is -0.114. The molecule has 0 aliphatic heterocycles. The molecule has 0 radical (unpaired) electrons. The molecule has 0 aromatic heterocycles. The van der Waals surface area contributed by atoms with Crippen LogP contribution in [-0.2, 0) is 11.2 Å². The van der Waals surface area contributed by atoms with E-state index in [9.17, 15) is 20.1 Å². The first-order valence-electron chi connectivity index (χ1n) is 8.23. The van der Waals surface area contributed by atoms with E-state index >= 15 is 0 Å². The van der Waals surface area contributed by atoms with Crippen LogP contribution in [0.5, 0.6) is 11.5 Å². The van der Waals surface area contributed by atoms with Gasteiger partial charge in [0.05, 0.1) is 0 Å². The zero-order valence-corrected chi connectivity index (χ0v) is 13.9. The van der Waals surface area contributed by atoms with Crippen LogP contribution in [0.1, 0.15) is 62.6 Å². The second-order valence-electron chi connectivity index (χ2n) is 7.44. The summed E-state index contributed by atoms with van der Waals surface area (Å²) in [5.74, 6) is -0.635. The number of phenols is 2. The summed E-state index contributed by atoms with van der Waals surface area (Å²) in [7, 11) is 0. The number of Topliss-reactive ketones (excluding diaryl/α,β-unsaturated/α-hetero) is 1.